The molecule has 2 aromatic carbocycles. The Balaban J connectivity index is 1.86. The summed E-state index contributed by atoms with van der Waals surface area (Å²) in [5.41, 5.74) is 1.92. The Bertz CT molecular complexity index is 1120. The quantitative estimate of drug-likeness (QED) is 0.341. The van der Waals surface area contributed by atoms with Crippen LogP contribution in [-0.4, -0.2) is 30.9 Å². The molecule has 1 N–H and O–H groups in total. The third kappa shape index (κ3) is 5.61. The molecule has 0 bridgehead atoms. The van der Waals surface area contributed by atoms with E-state index in [-0.39, 0.29) is 35.6 Å². The van der Waals surface area contributed by atoms with E-state index >= 15 is 0 Å². The first kappa shape index (κ1) is 23.2. The lowest BCUT2D eigenvalue weighted by Gasteiger charge is -2.12. The molecule has 9 heteroatoms. The van der Waals surface area contributed by atoms with Crippen molar-refractivity contribution in [1.29, 1.82) is 0 Å². The number of esters is 2. The lowest BCUT2D eigenvalue weighted by molar-refractivity contribution is -0.134. The molecule has 0 spiro atoms. The van der Waals surface area contributed by atoms with Gasteiger partial charge in [-0.25, -0.2) is 9.79 Å². The van der Waals surface area contributed by atoms with Crippen LogP contribution in [0.5, 0.6) is 11.5 Å². The van der Waals surface area contributed by atoms with E-state index in [4.69, 9.17) is 14.2 Å². The molecule has 0 saturated heterocycles. The molecule has 1 amide bonds. The van der Waals surface area contributed by atoms with Gasteiger partial charge in [-0.2, -0.15) is 0 Å². The van der Waals surface area contributed by atoms with Crippen LogP contribution in [-0.2, 0) is 19.1 Å². The molecule has 32 heavy (non-hydrogen) atoms. The molecule has 3 rings (SSSR count). The van der Waals surface area contributed by atoms with Crippen LogP contribution in [0.3, 0.4) is 0 Å². The summed E-state index contributed by atoms with van der Waals surface area (Å²) in [5, 5.41) is 2.67. The molecule has 8 nitrogen and oxygen atoms in total. The fourth-order valence-electron chi connectivity index (χ4n) is 2.88. The van der Waals surface area contributed by atoms with Crippen molar-refractivity contribution in [2.75, 3.05) is 12.4 Å². The average molecular weight is 501 g/mol. The second-order valence-corrected chi connectivity index (χ2v) is 7.71. The first-order valence-electron chi connectivity index (χ1n) is 9.79. The summed E-state index contributed by atoms with van der Waals surface area (Å²) >= 11 is 3.39. The van der Waals surface area contributed by atoms with Crippen LogP contribution in [0.4, 0.5) is 5.69 Å². The maximum Gasteiger partial charge on any atom is 0.363 e. The molecule has 166 valence electrons. The predicted molar refractivity (Wildman–Crippen MR) is 123 cm³/mol. The number of amides is 1. The minimum atomic E-state index is -0.598. The van der Waals surface area contributed by atoms with Gasteiger partial charge in [0.05, 0.1) is 11.6 Å². The van der Waals surface area contributed by atoms with Crippen LogP contribution in [0.2, 0.25) is 0 Å². The first-order chi connectivity index (χ1) is 15.3. The number of halogens is 1. The Hall–Kier alpha value is -3.46. The number of cyclic esters (lactones) is 1. The standard InChI is InChI=1S/C23H21BrN2O6/c1-4-5-20(28)31-21-17(24)10-14(12-19(21)30-3)11-18-23(29)32-22(26-18)15-6-8-16(9-7-15)25-13(2)27/h6-12H,4-5H2,1-3H3,(H,25,27)/b18-11-. The van der Waals surface area contributed by atoms with Gasteiger partial charge in [0.15, 0.2) is 17.2 Å². The highest BCUT2D eigenvalue weighted by Crippen LogP contribution is 2.38. The van der Waals surface area contributed by atoms with Crippen molar-refractivity contribution in [1.82, 2.24) is 0 Å². The number of carbonyl (C=O) groups excluding carboxylic acids is 3. The zero-order chi connectivity index (χ0) is 23.3. The molecular weight excluding hydrogens is 480 g/mol. The monoisotopic (exact) mass is 500 g/mol. The van der Waals surface area contributed by atoms with E-state index in [0.29, 0.717) is 33.5 Å². The minimum absolute atomic E-state index is 0.107. The number of nitrogens with one attached hydrogen (secondary N) is 1. The number of carbonyl (C=O) groups is 3. The summed E-state index contributed by atoms with van der Waals surface area (Å²) in [7, 11) is 1.46. The van der Waals surface area contributed by atoms with Crippen molar-refractivity contribution in [3.05, 3.63) is 57.7 Å². The van der Waals surface area contributed by atoms with Gasteiger partial charge >= 0.3 is 11.9 Å². The fourth-order valence-corrected chi connectivity index (χ4v) is 3.42. The summed E-state index contributed by atoms with van der Waals surface area (Å²) in [4.78, 5) is 39.6. The second-order valence-electron chi connectivity index (χ2n) is 6.85. The number of rotatable bonds is 7. The van der Waals surface area contributed by atoms with Gasteiger partial charge in [-0.3, -0.25) is 9.59 Å². The molecule has 0 unspecified atom stereocenters. The van der Waals surface area contributed by atoms with E-state index in [0.717, 1.165) is 0 Å². The van der Waals surface area contributed by atoms with Gasteiger partial charge in [0, 0.05) is 24.6 Å². The zero-order valence-electron chi connectivity index (χ0n) is 17.7. The van der Waals surface area contributed by atoms with E-state index in [1.807, 2.05) is 6.92 Å². The Morgan fingerprint density at radius 2 is 1.94 bits per heavy atom. The summed E-state index contributed by atoms with van der Waals surface area (Å²) in [6.07, 6.45) is 2.50. The maximum atomic E-state index is 12.3. The number of nitrogens with zero attached hydrogens (tertiary/aromatic N) is 1. The molecule has 0 fully saturated rings. The highest BCUT2D eigenvalue weighted by molar-refractivity contribution is 9.10. The van der Waals surface area contributed by atoms with E-state index in [1.54, 1.807) is 42.5 Å². The number of hydrogen-bond donors (Lipinski definition) is 1. The molecule has 1 aliphatic heterocycles. The van der Waals surface area contributed by atoms with Crippen molar-refractivity contribution in [2.45, 2.75) is 26.7 Å². The maximum absolute atomic E-state index is 12.3. The zero-order valence-corrected chi connectivity index (χ0v) is 19.3. The van der Waals surface area contributed by atoms with Gasteiger partial charge in [-0.1, -0.05) is 6.92 Å². The average Bonchev–Trinajstić information content (AvgIpc) is 3.10. The van der Waals surface area contributed by atoms with Crippen LogP contribution in [0.1, 0.15) is 37.8 Å². The number of methoxy groups -OCH3 is 1. The third-order valence-electron chi connectivity index (χ3n) is 4.30. The topological polar surface area (TPSA) is 103 Å². The van der Waals surface area contributed by atoms with E-state index in [9.17, 15) is 14.4 Å². The normalized spacial score (nSPS) is 14.1. The Kier molecular flexibility index (Phi) is 7.42. The molecule has 0 saturated carbocycles. The highest BCUT2D eigenvalue weighted by atomic mass is 79.9. The van der Waals surface area contributed by atoms with Crippen molar-refractivity contribution < 1.29 is 28.6 Å². The Morgan fingerprint density at radius 1 is 1.22 bits per heavy atom. The molecule has 1 heterocycles. The number of ether oxygens (including phenoxy) is 3. The van der Waals surface area contributed by atoms with Crippen LogP contribution in [0.15, 0.2) is 51.6 Å². The van der Waals surface area contributed by atoms with E-state index in [1.165, 1.54) is 14.0 Å². The predicted octanol–water partition coefficient (Wildman–Crippen LogP) is 4.47. The van der Waals surface area contributed by atoms with Crippen LogP contribution < -0.4 is 14.8 Å². The van der Waals surface area contributed by atoms with Gasteiger partial charge in [0.25, 0.3) is 0 Å². The summed E-state index contributed by atoms with van der Waals surface area (Å²) in [5.74, 6) is -0.382. The molecule has 0 aliphatic carbocycles. The van der Waals surface area contributed by atoms with Gasteiger partial charge in [0.1, 0.15) is 0 Å². The summed E-state index contributed by atoms with van der Waals surface area (Å²) < 4.78 is 16.5. The minimum Gasteiger partial charge on any atom is -0.493 e. The smallest absolute Gasteiger partial charge is 0.363 e. The lowest BCUT2D eigenvalue weighted by Crippen LogP contribution is -2.08. The van der Waals surface area contributed by atoms with Gasteiger partial charge in [-0.15, -0.1) is 0 Å². The van der Waals surface area contributed by atoms with Crippen molar-refractivity contribution >= 4 is 51.4 Å². The highest BCUT2D eigenvalue weighted by Gasteiger charge is 2.25. The van der Waals surface area contributed by atoms with Crippen LogP contribution in [0.25, 0.3) is 6.08 Å². The number of aliphatic imine (C=N–C) groups is 1. The van der Waals surface area contributed by atoms with Gasteiger partial charge in [0.2, 0.25) is 11.8 Å². The van der Waals surface area contributed by atoms with Gasteiger partial charge < -0.3 is 19.5 Å². The van der Waals surface area contributed by atoms with E-state index < -0.39 is 5.97 Å². The van der Waals surface area contributed by atoms with Crippen LogP contribution in [0, 0.1) is 0 Å². The number of benzene rings is 2. The second kappa shape index (κ2) is 10.2. The SMILES string of the molecule is CCCC(=O)Oc1c(Br)cc(/C=C2\N=C(c3ccc(NC(C)=O)cc3)OC2=O)cc1OC. The first-order valence-corrected chi connectivity index (χ1v) is 10.6. The number of hydrogen-bond acceptors (Lipinski definition) is 7. The lowest BCUT2D eigenvalue weighted by atomic mass is 10.1. The van der Waals surface area contributed by atoms with Gasteiger partial charge in [-0.05, 0) is 70.4 Å². The molecule has 0 atom stereocenters. The summed E-state index contributed by atoms with van der Waals surface area (Å²) in [6.45, 7) is 3.30. The number of anilines is 1. The van der Waals surface area contributed by atoms with Crippen molar-refractivity contribution in [3.63, 3.8) is 0 Å². The third-order valence-corrected chi connectivity index (χ3v) is 4.89. The molecule has 0 radical (unpaired) electrons. The molecule has 0 aromatic heterocycles. The molecular formula is C23H21BrN2O6. The van der Waals surface area contributed by atoms with E-state index in [2.05, 4.69) is 26.2 Å². The summed E-state index contributed by atoms with van der Waals surface area (Å²) in [6, 6.07) is 10.1. The Morgan fingerprint density at radius 3 is 2.56 bits per heavy atom. The fraction of sp³-hybridized carbons (Fsp3) is 0.217. The molecule has 1 aliphatic rings. The largest absolute Gasteiger partial charge is 0.493 e. The van der Waals surface area contributed by atoms with Crippen LogP contribution >= 0.6 is 15.9 Å². The van der Waals surface area contributed by atoms with Crippen molar-refractivity contribution in [2.24, 2.45) is 4.99 Å². The molecule has 2 aromatic rings. The Labute approximate surface area is 193 Å². The van der Waals surface area contributed by atoms with Crippen molar-refractivity contribution in [3.8, 4) is 11.5 Å².